The molecule has 1 aliphatic carbocycles. The molecule has 1 unspecified atom stereocenters. The van der Waals surface area contributed by atoms with Crippen molar-refractivity contribution < 1.29 is 37.0 Å². The molecule has 1 heterocycles. The molecular weight excluding hydrogens is 421 g/mol. The first-order valence-electron chi connectivity index (χ1n) is 10.6. The lowest BCUT2D eigenvalue weighted by atomic mass is 9.69. The fourth-order valence-corrected chi connectivity index (χ4v) is 3.50. The quantitative estimate of drug-likeness (QED) is 0.552. The van der Waals surface area contributed by atoms with Crippen LogP contribution in [-0.4, -0.2) is 42.1 Å². The highest BCUT2D eigenvalue weighted by Crippen LogP contribution is 2.50. The molecule has 29 heavy (non-hydrogen) atoms. The number of amides is 3. The van der Waals surface area contributed by atoms with Crippen LogP contribution in [0.1, 0.15) is 36.9 Å². The van der Waals surface area contributed by atoms with Crippen LogP contribution < -0.4 is 10.6 Å². The third kappa shape index (κ3) is 4.26. The van der Waals surface area contributed by atoms with E-state index in [-0.39, 0.29) is 4.90 Å². The van der Waals surface area contributed by atoms with Crippen LogP contribution in [-0.2, 0) is 4.79 Å². The average molecular weight is 444 g/mol. The van der Waals surface area contributed by atoms with E-state index in [0.717, 1.165) is 19.1 Å². The van der Waals surface area contributed by atoms with Crippen molar-refractivity contribution in [2.45, 2.75) is 38.0 Å². The lowest BCUT2D eigenvalue weighted by Crippen LogP contribution is -2.59. The summed E-state index contributed by atoms with van der Waals surface area (Å²) in [6, 6.07) is -2.66. The highest BCUT2D eigenvalue weighted by Gasteiger charge is 2.51. The number of rotatable bonds is 3. The fraction of sp³-hybridized carbons (Fsp3) is 0.556. The Hall–Kier alpha value is -2.10. The molecule has 3 amide bonds. The van der Waals surface area contributed by atoms with Crippen molar-refractivity contribution in [1.82, 2.24) is 15.5 Å². The number of alkyl halides is 3. The van der Waals surface area contributed by atoms with Crippen LogP contribution >= 0.6 is 11.6 Å². The summed E-state index contributed by atoms with van der Waals surface area (Å²) in [5.41, 5.74) is -0.418. The normalized spacial score (nSPS) is 31.3. The van der Waals surface area contributed by atoms with E-state index >= 15 is 0 Å². The summed E-state index contributed by atoms with van der Waals surface area (Å²) in [4.78, 5) is 25.3. The number of nitrogens with zero attached hydrogens (tertiary/aromatic N) is 1. The van der Waals surface area contributed by atoms with Gasteiger partial charge in [0.15, 0.2) is 0 Å². The summed E-state index contributed by atoms with van der Waals surface area (Å²) < 4.78 is 98.8. The van der Waals surface area contributed by atoms with Crippen LogP contribution in [0.3, 0.4) is 0 Å². The zero-order chi connectivity index (χ0) is 25.1. The Bertz CT molecular complexity index is 975. The molecule has 1 aromatic carbocycles. The number of halogens is 6. The van der Waals surface area contributed by atoms with E-state index in [1.54, 1.807) is 0 Å². The van der Waals surface area contributed by atoms with Crippen LogP contribution in [0.25, 0.3) is 0 Å². The Labute approximate surface area is 174 Å². The molecule has 0 radical (unpaired) electrons. The molecule has 5 nitrogen and oxygen atoms in total. The maximum atomic E-state index is 14.7. The van der Waals surface area contributed by atoms with Crippen molar-refractivity contribution >= 4 is 23.5 Å². The van der Waals surface area contributed by atoms with Crippen molar-refractivity contribution in [3.05, 3.63) is 34.4 Å². The van der Waals surface area contributed by atoms with Gasteiger partial charge in [-0.2, -0.15) is 13.2 Å². The summed E-state index contributed by atoms with van der Waals surface area (Å²) >= 11 is 5.59. The van der Waals surface area contributed by atoms with E-state index in [1.165, 1.54) is 0 Å². The Kier molecular flexibility index (Phi) is 4.58. The smallest absolute Gasteiger partial charge is 0.353 e. The second-order valence-corrected chi connectivity index (χ2v) is 7.31. The van der Waals surface area contributed by atoms with Crippen molar-refractivity contribution in [1.29, 1.82) is 0 Å². The van der Waals surface area contributed by atoms with Crippen LogP contribution in [0, 0.1) is 23.5 Å². The molecule has 1 aromatic rings. The van der Waals surface area contributed by atoms with Gasteiger partial charge in [-0.25, -0.2) is 13.6 Å². The summed E-state index contributed by atoms with van der Waals surface area (Å²) in [7, 11) is 0. The molecule has 1 saturated carbocycles. The van der Waals surface area contributed by atoms with E-state index < -0.39 is 90.1 Å². The lowest BCUT2D eigenvalue weighted by molar-refractivity contribution is -0.206. The second-order valence-electron chi connectivity index (χ2n) is 6.93. The molecule has 11 heteroatoms. The number of carbonyl (C=O) groups excluding carboxylic acids is 2. The molecule has 160 valence electrons. The standard InChI is InChI=1S/C18H19ClF5N3O2/c1-8-16(28)25-4-5-27(8)17(29)26-15(9-6-10(7-9)18(22,23)24)11-2-3-12(20)13(19)14(11)21/h2-3,8-10,15H,4-7H2,1H3,(H,25,28)(H,26,29)/t8?,9?,10?,15-/m0/s1/i4D2,5D2. The van der Waals surface area contributed by atoms with Crippen molar-refractivity contribution in [2.24, 2.45) is 11.8 Å². The molecule has 0 spiro atoms. The number of nitrogens with one attached hydrogen (secondary N) is 2. The first kappa shape index (κ1) is 16.7. The van der Waals surface area contributed by atoms with Crippen molar-refractivity contribution in [2.75, 3.05) is 13.0 Å². The minimum atomic E-state index is -4.52. The SMILES string of the molecule is [2H]C1([2H])NC(=O)C(C)N(C(=O)N[C@H](c2ccc(F)c(Cl)c2F)C2CC(C(F)(F)F)C2)C1([2H])[2H]. The largest absolute Gasteiger partial charge is 0.391 e. The Morgan fingerprint density at radius 3 is 2.66 bits per heavy atom. The maximum Gasteiger partial charge on any atom is 0.391 e. The fourth-order valence-electron chi connectivity index (χ4n) is 3.33. The third-order valence-corrected chi connectivity index (χ3v) is 5.48. The van der Waals surface area contributed by atoms with Gasteiger partial charge in [0.1, 0.15) is 22.7 Å². The van der Waals surface area contributed by atoms with Gasteiger partial charge in [-0.3, -0.25) is 4.79 Å². The van der Waals surface area contributed by atoms with E-state index in [9.17, 15) is 31.5 Å². The molecule has 0 aromatic heterocycles. The molecular formula is C18H19ClF5N3O2. The van der Waals surface area contributed by atoms with Gasteiger partial charge in [0.2, 0.25) is 5.91 Å². The van der Waals surface area contributed by atoms with Crippen LogP contribution in [0.4, 0.5) is 26.7 Å². The number of carbonyl (C=O) groups is 2. The van der Waals surface area contributed by atoms with Crippen LogP contribution in [0.15, 0.2) is 12.1 Å². The molecule has 2 N–H and O–H groups in total. The van der Waals surface area contributed by atoms with Gasteiger partial charge < -0.3 is 15.5 Å². The number of hydrogen-bond donors (Lipinski definition) is 2. The highest BCUT2D eigenvalue weighted by atomic mass is 35.5. The number of hydrogen-bond acceptors (Lipinski definition) is 2. The summed E-state index contributed by atoms with van der Waals surface area (Å²) in [6.45, 7) is -4.94. The van der Waals surface area contributed by atoms with Gasteiger partial charge >= 0.3 is 12.2 Å². The first-order valence-corrected chi connectivity index (χ1v) is 8.98. The van der Waals surface area contributed by atoms with Crippen LogP contribution in [0.2, 0.25) is 5.02 Å². The third-order valence-electron chi connectivity index (χ3n) is 5.14. The molecule has 3 rings (SSSR count). The minimum absolute atomic E-state index is 0.266. The lowest BCUT2D eigenvalue weighted by Gasteiger charge is -2.43. The van der Waals surface area contributed by atoms with E-state index in [2.05, 4.69) is 5.32 Å². The number of piperazine rings is 1. The summed E-state index contributed by atoms with van der Waals surface area (Å²) in [5.74, 6) is -6.12. The molecule has 2 fully saturated rings. The minimum Gasteiger partial charge on any atom is -0.353 e. The van der Waals surface area contributed by atoms with Gasteiger partial charge in [-0.05, 0) is 31.7 Å². The van der Waals surface area contributed by atoms with Gasteiger partial charge in [-0.15, -0.1) is 0 Å². The Balaban J connectivity index is 1.96. The molecule has 2 atom stereocenters. The van der Waals surface area contributed by atoms with E-state index in [4.69, 9.17) is 17.1 Å². The van der Waals surface area contributed by atoms with E-state index in [0.29, 0.717) is 0 Å². The molecule has 1 saturated heterocycles. The zero-order valence-electron chi connectivity index (χ0n) is 18.9. The summed E-state index contributed by atoms with van der Waals surface area (Å²) in [6.07, 6.45) is -5.50. The maximum absolute atomic E-state index is 14.7. The Morgan fingerprint density at radius 1 is 1.38 bits per heavy atom. The van der Waals surface area contributed by atoms with E-state index in [1.807, 2.05) is 5.32 Å². The highest BCUT2D eigenvalue weighted by molar-refractivity contribution is 6.31. The predicted octanol–water partition coefficient (Wildman–Crippen LogP) is 3.78. The first-order chi connectivity index (χ1) is 15.0. The van der Waals surface area contributed by atoms with Crippen molar-refractivity contribution in [3.63, 3.8) is 0 Å². The van der Waals surface area contributed by atoms with Crippen LogP contribution in [0.5, 0.6) is 0 Å². The van der Waals surface area contributed by atoms with Gasteiger partial charge in [0.05, 0.1) is 17.4 Å². The number of benzene rings is 1. The predicted molar refractivity (Wildman–Crippen MR) is 94.1 cm³/mol. The Morgan fingerprint density at radius 2 is 2.03 bits per heavy atom. The molecule has 2 aliphatic rings. The molecule has 0 bridgehead atoms. The van der Waals surface area contributed by atoms with Gasteiger partial charge in [0, 0.05) is 18.6 Å². The monoisotopic (exact) mass is 443 g/mol. The summed E-state index contributed by atoms with van der Waals surface area (Å²) in [5, 5.41) is 3.10. The van der Waals surface area contributed by atoms with Crippen molar-refractivity contribution in [3.8, 4) is 0 Å². The van der Waals surface area contributed by atoms with Gasteiger partial charge in [-0.1, -0.05) is 17.7 Å². The second kappa shape index (κ2) is 7.97. The number of urea groups is 1. The topological polar surface area (TPSA) is 61.4 Å². The molecule has 1 aliphatic heterocycles. The zero-order valence-corrected chi connectivity index (χ0v) is 15.7. The average Bonchev–Trinajstić information content (AvgIpc) is 2.61. The van der Waals surface area contributed by atoms with Gasteiger partial charge in [0.25, 0.3) is 0 Å².